The molecular formula is C10H15N3O2. The second-order valence-corrected chi connectivity index (χ2v) is 4.19. The zero-order chi connectivity index (χ0) is 10.9. The minimum absolute atomic E-state index is 0.698. The number of aryl methyl sites for hydroxylation is 1. The van der Waals surface area contributed by atoms with E-state index in [1.165, 1.54) is 0 Å². The van der Waals surface area contributed by atoms with Gasteiger partial charge in [-0.3, -0.25) is 9.48 Å². The average Bonchev–Trinajstić information content (AvgIpc) is 2.66. The van der Waals surface area contributed by atoms with Gasteiger partial charge in [0.05, 0.1) is 11.9 Å². The lowest BCUT2D eigenvalue weighted by molar-refractivity contribution is -0.145. The van der Waals surface area contributed by atoms with Gasteiger partial charge in [-0.25, -0.2) is 0 Å². The van der Waals surface area contributed by atoms with E-state index < -0.39 is 11.4 Å². The average molecular weight is 209 g/mol. The van der Waals surface area contributed by atoms with Crippen LogP contribution in [0.15, 0.2) is 6.20 Å². The third-order valence-electron chi connectivity index (χ3n) is 3.32. The first-order chi connectivity index (χ1) is 7.17. The summed E-state index contributed by atoms with van der Waals surface area (Å²) >= 11 is 0. The zero-order valence-electron chi connectivity index (χ0n) is 8.81. The lowest BCUT2D eigenvalue weighted by atomic mass is 9.72. The largest absolute Gasteiger partial charge is 0.481 e. The quantitative estimate of drug-likeness (QED) is 0.792. The summed E-state index contributed by atoms with van der Waals surface area (Å²) in [6.45, 7) is 0. The Morgan fingerprint density at radius 2 is 2.13 bits per heavy atom. The molecule has 1 fully saturated rings. The Labute approximate surface area is 88.1 Å². The molecule has 0 bridgehead atoms. The van der Waals surface area contributed by atoms with Crippen LogP contribution in [0.2, 0.25) is 0 Å². The molecule has 15 heavy (non-hydrogen) atoms. The number of aliphatic carboxylic acids is 1. The van der Waals surface area contributed by atoms with Crippen LogP contribution in [0.4, 0.5) is 0 Å². The Hall–Kier alpha value is -1.39. The van der Waals surface area contributed by atoms with E-state index in [4.69, 9.17) is 0 Å². The van der Waals surface area contributed by atoms with Gasteiger partial charge in [-0.15, -0.1) is 5.10 Å². The SMILES string of the molecule is Cn1nncc1C1(C(=O)O)CCCCC1. The van der Waals surface area contributed by atoms with Crippen molar-refractivity contribution in [2.75, 3.05) is 0 Å². The molecule has 0 spiro atoms. The Kier molecular flexibility index (Phi) is 2.46. The van der Waals surface area contributed by atoms with Crippen LogP contribution in [0.3, 0.4) is 0 Å². The van der Waals surface area contributed by atoms with Crippen LogP contribution >= 0.6 is 0 Å². The molecule has 1 aliphatic carbocycles. The molecule has 5 nitrogen and oxygen atoms in total. The van der Waals surface area contributed by atoms with E-state index in [-0.39, 0.29) is 0 Å². The van der Waals surface area contributed by atoms with Crippen molar-refractivity contribution < 1.29 is 9.90 Å². The highest BCUT2D eigenvalue weighted by Crippen LogP contribution is 2.38. The Bertz CT molecular complexity index is 366. The number of nitrogens with zero attached hydrogens (tertiary/aromatic N) is 3. The summed E-state index contributed by atoms with van der Waals surface area (Å²) in [6, 6.07) is 0. The number of aromatic nitrogens is 3. The monoisotopic (exact) mass is 209 g/mol. The van der Waals surface area contributed by atoms with Crippen LogP contribution in [-0.4, -0.2) is 26.1 Å². The van der Waals surface area contributed by atoms with Crippen molar-refractivity contribution >= 4 is 5.97 Å². The van der Waals surface area contributed by atoms with E-state index in [9.17, 15) is 9.90 Å². The summed E-state index contributed by atoms with van der Waals surface area (Å²) in [7, 11) is 1.75. The maximum atomic E-state index is 11.5. The molecule has 1 aliphatic rings. The third-order valence-corrected chi connectivity index (χ3v) is 3.32. The van der Waals surface area contributed by atoms with Crippen molar-refractivity contribution in [2.45, 2.75) is 37.5 Å². The molecule has 0 aromatic carbocycles. The summed E-state index contributed by atoms with van der Waals surface area (Å²) in [5.74, 6) is -0.743. The molecule has 82 valence electrons. The van der Waals surface area contributed by atoms with Gasteiger partial charge in [0.1, 0.15) is 5.41 Å². The van der Waals surface area contributed by atoms with Gasteiger partial charge in [0.25, 0.3) is 0 Å². The van der Waals surface area contributed by atoms with E-state index in [1.54, 1.807) is 17.9 Å². The van der Waals surface area contributed by atoms with Crippen LogP contribution in [0.25, 0.3) is 0 Å². The number of hydrogen-bond acceptors (Lipinski definition) is 3. The number of hydrogen-bond donors (Lipinski definition) is 1. The lowest BCUT2D eigenvalue weighted by Gasteiger charge is -2.32. The van der Waals surface area contributed by atoms with Crippen LogP contribution in [-0.2, 0) is 17.3 Å². The highest BCUT2D eigenvalue weighted by molar-refractivity contribution is 5.80. The molecule has 1 N–H and O–H groups in total. The topological polar surface area (TPSA) is 68.0 Å². The van der Waals surface area contributed by atoms with Crippen molar-refractivity contribution in [3.63, 3.8) is 0 Å². The third kappa shape index (κ3) is 1.52. The van der Waals surface area contributed by atoms with Gasteiger partial charge in [-0.2, -0.15) is 0 Å². The van der Waals surface area contributed by atoms with Gasteiger partial charge in [0.15, 0.2) is 0 Å². The molecule has 2 rings (SSSR count). The summed E-state index contributed by atoms with van der Waals surface area (Å²) in [5.41, 5.74) is -0.0223. The Morgan fingerprint density at radius 3 is 2.60 bits per heavy atom. The van der Waals surface area contributed by atoms with Crippen LogP contribution in [0.5, 0.6) is 0 Å². The maximum absolute atomic E-state index is 11.5. The molecule has 0 atom stereocenters. The number of carboxylic acids is 1. The normalized spacial score (nSPS) is 20.1. The summed E-state index contributed by atoms with van der Waals surface area (Å²) < 4.78 is 1.58. The van der Waals surface area contributed by atoms with E-state index in [0.717, 1.165) is 25.0 Å². The van der Waals surface area contributed by atoms with Crippen molar-refractivity contribution in [1.29, 1.82) is 0 Å². The van der Waals surface area contributed by atoms with Crippen molar-refractivity contribution in [1.82, 2.24) is 15.0 Å². The number of carboxylic acid groups (broad SMARTS) is 1. The number of rotatable bonds is 2. The van der Waals surface area contributed by atoms with Crippen molar-refractivity contribution in [3.05, 3.63) is 11.9 Å². The minimum Gasteiger partial charge on any atom is -0.481 e. The molecule has 0 amide bonds. The van der Waals surface area contributed by atoms with Crippen molar-refractivity contribution in [3.8, 4) is 0 Å². The maximum Gasteiger partial charge on any atom is 0.315 e. The van der Waals surface area contributed by atoms with E-state index in [0.29, 0.717) is 12.8 Å². The molecule has 1 aromatic rings. The standard InChI is InChI=1S/C10H15N3O2/c1-13-8(7-11-12-13)10(9(14)15)5-3-2-4-6-10/h7H,2-6H2,1H3,(H,14,15). The molecule has 1 aromatic heterocycles. The number of carbonyl (C=O) groups is 1. The van der Waals surface area contributed by atoms with Gasteiger partial charge >= 0.3 is 5.97 Å². The van der Waals surface area contributed by atoms with Crippen LogP contribution < -0.4 is 0 Å². The van der Waals surface area contributed by atoms with Crippen molar-refractivity contribution in [2.24, 2.45) is 7.05 Å². The highest BCUT2D eigenvalue weighted by Gasteiger charge is 2.43. The molecule has 0 aliphatic heterocycles. The van der Waals surface area contributed by atoms with E-state index in [2.05, 4.69) is 10.3 Å². The van der Waals surface area contributed by atoms with E-state index in [1.807, 2.05) is 0 Å². The predicted molar refractivity (Wildman–Crippen MR) is 53.4 cm³/mol. The van der Waals surface area contributed by atoms with Gasteiger partial charge in [0, 0.05) is 7.05 Å². The van der Waals surface area contributed by atoms with Gasteiger partial charge in [-0.1, -0.05) is 24.5 Å². The molecular weight excluding hydrogens is 194 g/mol. The fourth-order valence-corrected chi connectivity index (χ4v) is 2.46. The fourth-order valence-electron chi connectivity index (χ4n) is 2.46. The predicted octanol–water partition coefficient (Wildman–Crippen LogP) is 1.10. The van der Waals surface area contributed by atoms with E-state index >= 15 is 0 Å². The Balaban J connectivity index is 2.42. The fraction of sp³-hybridized carbons (Fsp3) is 0.700. The second kappa shape index (κ2) is 3.64. The molecule has 0 radical (unpaired) electrons. The van der Waals surface area contributed by atoms with Crippen LogP contribution in [0, 0.1) is 0 Å². The molecule has 0 unspecified atom stereocenters. The molecule has 1 saturated carbocycles. The first-order valence-corrected chi connectivity index (χ1v) is 5.25. The summed E-state index contributed by atoms with van der Waals surface area (Å²) in [4.78, 5) is 11.5. The summed E-state index contributed by atoms with van der Waals surface area (Å²) in [5, 5.41) is 17.0. The first-order valence-electron chi connectivity index (χ1n) is 5.25. The summed E-state index contributed by atoms with van der Waals surface area (Å²) in [6.07, 6.45) is 6.04. The second-order valence-electron chi connectivity index (χ2n) is 4.19. The zero-order valence-corrected chi connectivity index (χ0v) is 8.81. The molecule has 5 heteroatoms. The first kappa shape index (κ1) is 10.1. The minimum atomic E-state index is -0.753. The van der Waals surface area contributed by atoms with Gasteiger partial charge in [0.2, 0.25) is 0 Å². The molecule has 1 heterocycles. The highest BCUT2D eigenvalue weighted by atomic mass is 16.4. The Morgan fingerprint density at radius 1 is 1.47 bits per heavy atom. The lowest BCUT2D eigenvalue weighted by Crippen LogP contribution is -2.39. The van der Waals surface area contributed by atoms with Gasteiger partial charge < -0.3 is 5.11 Å². The smallest absolute Gasteiger partial charge is 0.315 e. The van der Waals surface area contributed by atoms with Crippen LogP contribution in [0.1, 0.15) is 37.8 Å². The molecule has 0 saturated heterocycles. The van der Waals surface area contributed by atoms with Gasteiger partial charge in [-0.05, 0) is 12.8 Å².